The van der Waals surface area contributed by atoms with Gasteiger partial charge in [0.15, 0.2) is 0 Å². The normalized spacial score (nSPS) is 11.2. The Kier molecular flexibility index (Phi) is 5.83. The molecule has 4 aromatic rings. The van der Waals surface area contributed by atoms with Crippen LogP contribution in [-0.2, 0) is 11.3 Å². The number of ether oxygens (including phenoxy) is 1. The van der Waals surface area contributed by atoms with E-state index in [1.54, 1.807) is 29.1 Å². The summed E-state index contributed by atoms with van der Waals surface area (Å²) in [4.78, 5) is 30.6. The average molecular weight is 483 g/mol. The van der Waals surface area contributed by atoms with Crippen molar-refractivity contribution >= 4 is 43.5 Å². The van der Waals surface area contributed by atoms with E-state index in [0.717, 1.165) is 21.2 Å². The molecule has 7 heteroatoms. The first kappa shape index (κ1) is 20.5. The van der Waals surface area contributed by atoms with Gasteiger partial charge < -0.3 is 4.74 Å². The number of benzene rings is 2. The summed E-state index contributed by atoms with van der Waals surface area (Å²) >= 11 is 4.90. The molecule has 0 fully saturated rings. The molecule has 2 heterocycles. The minimum absolute atomic E-state index is 0.102. The van der Waals surface area contributed by atoms with Gasteiger partial charge in [0.1, 0.15) is 4.83 Å². The maximum Gasteiger partial charge on any atom is 0.338 e. The van der Waals surface area contributed by atoms with Gasteiger partial charge >= 0.3 is 5.97 Å². The lowest BCUT2D eigenvalue weighted by Gasteiger charge is -2.10. The van der Waals surface area contributed by atoms with Gasteiger partial charge in [-0.2, -0.15) is 0 Å². The number of esters is 1. The maximum atomic E-state index is 13.2. The Bertz CT molecular complexity index is 1280. The fraction of sp³-hybridized carbons (Fsp3) is 0.174. The Morgan fingerprint density at radius 1 is 1.20 bits per heavy atom. The van der Waals surface area contributed by atoms with E-state index in [0.29, 0.717) is 22.3 Å². The number of nitrogens with zero attached hydrogens (tertiary/aromatic N) is 2. The predicted molar refractivity (Wildman–Crippen MR) is 123 cm³/mol. The van der Waals surface area contributed by atoms with Crippen LogP contribution in [0.3, 0.4) is 0 Å². The Hall–Kier alpha value is -2.77. The molecule has 0 spiro atoms. The van der Waals surface area contributed by atoms with Gasteiger partial charge in [-0.3, -0.25) is 9.36 Å². The van der Waals surface area contributed by atoms with E-state index in [2.05, 4.69) is 20.9 Å². The summed E-state index contributed by atoms with van der Waals surface area (Å²) in [6, 6.07) is 15.0. The minimum Gasteiger partial charge on any atom is -0.459 e. The summed E-state index contributed by atoms with van der Waals surface area (Å²) in [6.07, 6.45) is 1.37. The first-order valence-corrected chi connectivity index (χ1v) is 11.1. The van der Waals surface area contributed by atoms with Crippen molar-refractivity contribution in [2.24, 2.45) is 0 Å². The summed E-state index contributed by atoms with van der Waals surface area (Å²) in [5.74, 6) is -0.372. The molecule has 0 atom stereocenters. The quantitative estimate of drug-likeness (QED) is 0.352. The molecule has 2 aromatic carbocycles. The molecule has 0 saturated carbocycles. The van der Waals surface area contributed by atoms with E-state index in [1.165, 1.54) is 11.3 Å². The number of fused-ring (bicyclic) bond motifs is 1. The van der Waals surface area contributed by atoms with E-state index >= 15 is 0 Å². The number of aromatic nitrogens is 2. The molecule has 0 aliphatic heterocycles. The molecule has 152 valence electrons. The molecule has 4 rings (SSSR count). The number of halogens is 1. The smallest absolute Gasteiger partial charge is 0.338 e. The Balaban J connectivity index is 1.70. The SMILES string of the molecule is CC(C)OC(=O)c1cccc(Cn2cnc3scc(-c4ccc(Br)cc4)c3c2=O)c1. The topological polar surface area (TPSA) is 61.2 Å². The molecule has 30 heavy (non-hydrogen) atoms. The first-order chi connectivity index (χ1) is 14.4. The van der Waals surface area contributed by atoms with Crippen molar-refractivity contribution in [1.82, 2.24) is 9.55 Å². The number of hydrogen-bond acceptors (Lipinski definition) is 5. The average Bonchev–Trinajstić information content (AvgIpc) is 3.15. The molecule has 0 saturated heterocycles. The van der Waals surface area contributed by atoms with E-state index in [4.69, 9.17) is 4.74 Å². The summed E-state index contributed by atoms with van der Waals surface area (Å²) in [5, 5.41) is 2.58. The van der Waals surface area contributed by atoms with Crippen LogP contribution < -0.4 is 5.56 Å². The van der Waals surface area contributed by atoms with Gasteiger partial charge in [0.2, 0.25) is 0 Å². The van der Waals surface area contributed by atoms with Crippen LogP contribution in [0.1, 0.15) is 29.8 Å². The monoisotopic (exact) mass is 482 g/mol. The number of carbonyl (C=O) groups is 1. The van der Waals surface area contributed by atoms with Gasteiger partial charge in [-0.15, -0.1) is 11.3 Å². The van der Waals surface area contributed by atoms with E-state index in [-0.39, 0.29) is 17.6 Å². The Morgan fingerprint density at radius 3 is 2.70 bits per heavy atom. The lowest BCUT2D eigenvalue weighted by Crippen LogP contribution is -2.21. The second-order valence-electron chi connectivity index (χ2n) is 7.17. The number of thiophene rings is 1. The number of hydrogen-bond donors (Lipinski definition) is 0. The molecule has 0 bridgehead atoms. The van der Waals surface area contributed by atoms with Crippen molar-refractivity contribution in [3.05, 3.63) is 86.2 Å². The van der Waals surface area contributed by atoms with Gasteiger partial charge in [-0.05, 0) is 49.2 Å². The van der Waals surface area contributed by atoms with E-state index in [1.807, 2.05) is 49.6 Å². The Labute approximate surface area is 186 Å². The molecule has 0 radical (unpaired) electrons. The summed E-state index contributed by atoms with van der Waals surface area (Å²) in [7, 11) is 0. The third-order valence-electron chi connectivity index (χ3n) is 4.57. The maximum absolute atomic E-state index is 13.2. The fourth-order valence-electron chi connectivity index (χ4n) is 3.20. The molecule has 2 aromatic heterocycles. The zero-order valence-corrected chi connectivity index (χ0v) is 18.9. The van der Waals surface area contributed by atoms with Crippen LogP contribution in [0, 0.1) is 0 Å². The molecular formula is C23H19BrN2O3S. The highest BCUT2D eigenvalue weighted by Gasteiger charge is 2.14. The first-order valence-electron chi connectivity index (χ1n) is 9.45. The van der Waals surface area contributed by atoms with Crippen LogP contribution in [0.4, 0.5) is 0 Å². The standard InChI is InChI=1S/C23H19BrN2O3S/c1-14(2)29-23(28)17-5-3-4-15(10-17)11-26-13-25-21-20(22(26)27)19(12-30-21)16-6-8-18(24)9-7-16/h3-10,12-14H,11H2,1-2H3. The van der Waals surface area contributed by atoms with Crippen molar-refractivity contribution in [2.45, 2.75) is 26.5 Å². The second kappa shape index (κ2) is 8.53. The highest BCUT2D eigenvalue weighted by atomic mass is 79.9. The Morgan fingerprint density at radius 2 is 1.97 bits per heavy atom. The second-order valence-corrected chi connectivity index (χ2v) is 8.94. The fourth-order valence-corrected chi connectivity index (χ4v) is 4.37. The van der Waals surface area contributed by atoms with E-state index in [9.17, 15) is 9.59 Å². The van der Waals surface area contributed by atoms with Crippen LogP contribution in [0.2, 0.25) is 0 Å². The number of carbonyl (C=O) groups excluding carboxylic acids is 1. The third-order valence-corrected chi connectivity index (χ3v) is 5.99. The van der Waals surface area contributed by atoms with Gasteiger partial charge in [-0.25, -0.2) is 9.78 Å². The lowest BCUT2D eigenvalue weighted by atomic mass is 10.1. The third kappa shape index (κ3) is 4.22. The minimum atomic E-state index is -0.372. The largest absolute Gasteiger partial charge is 0.459 e. The van der Waals surface area contributed by atoms with Crippen LogP contribution in [0.15, 0.2) is 69.5 Å². The van der Waals surface area contributed by atoms with Crippen LogP contribution >= 0.6 is 27.3 Å². The molecule has 0 amide bonds. The van der Waals surface area contributed by atoms with Gasteiger partial charge in [0, 0.05) is 15.4 Å². The lowest BCUT2D eigenvalue weighted by molar-refractivity contribution is 0.0378. The van der Waals surface area contributed by atoms with Crippen molar-refractivity contribution < 1.29 is 9.53 Å². The number of rotatable bonds is 5. The molecule has 0 aliphatic rings. The predicted octanol–water partition coefficient (Wildman–Crippen LogP) is 5.50. The highest BCUT2D eigenvalue weighted by Crippen LogP contribution is 2.31. The molecule has 5 nitrogen and oxygen atoms in total. The molecule has 0 aliphatic carbocycles. The van der Waals surface area contributed by atoms with Crippen LogP contribution in [-0.4, -0.2) is 21.6 Å². The van der Waals surface area contributed by atoms with Crippen LogP contribution in [0.25, 0.3) is 21.3 Å². The van der Waals surface area contributed by atoms with Crippen molar-refractivity contribution in [3.63, 3.8) is 0 Å². The summed E-state index contributed by atoms with van der Waals surface area (Å²) in [6.45, 7) is 3.94. The van der Waals surface area contributed by atoms with Gasteiger partial charge in [-0.1, -0.05) is 40.2 Å². The van der Waals surface area contributed by atoms with E-state index < -0.39 is 0 Å². The van der Waals surface area contributed by atoms with Gasteiger partial charge in [0.25, 0.3) is 5.56 Å². The van der Waals surface area contributed by atoms with Crippen molar-refractivity contribution in [2.75, 3.05) is 0 Å². The van der Waals surface area contributed by atoms with Gasteiger partial charge in [0.05, 0.1) is 29.9 Å². The molecular weight excluding hydrogens is 464 g/mol. The summed E-state index contributed by atoms with van der Waals surface area (Å²) in [5.41, 5.74) is 3.05. The zero-order chi connectivity index (χ0) is 21.3. The van der Waals surface area contributed by atoms with Crippen LogP contribution in [0.5, 0.6) is 0 Å². The van der Waals surface area contributed by atoms with Crippen molar-refractivity contribution in [1.29, 1.82) is 0 Å². The molecule has 0 N–H and O–H groups in total. The van der Waals surface area contributed by atoms with Crippen molar-refractivity contribution in [3.8, 4) is 11.1 Å². The highest BCUT2D eigenvalue weighted by molar-refractivity contribution is 9.10. The molecule has 0 unspecified atom stereocenters. The summed E-state index contributed by atoms with van der Waals surface area (Å²) < 4.78 is 7.82. The zero-order valence-electron chi connectivity index (χ0n) is 16.5.